The van der Waals surface area contributed by atoms with Crippen molar-refractivity contribution in [2.24, 2.45) is 5.92 Å². The number of Topliss-reactive ketones (excluding diaryl/α,β-unsaturated/α-hetero) is 1. The van der Waals surface area contributed by atoms with Crippen molar-refractivity contribution in [3.63, 3.8) is 0 Å². The quantitative estimate of drug-likeness (QED) is 0.843. The van der Waals surface area contributed by atoms with Gasteiger partial charge in [-0.1, -0.05) is 6.92 Å². The van der Waals surface area contributed by atoms with Crippen LogP contribution < -0.4 is 0 Å². The van der Waals surface area contributed by atoms with E-state index in [-0.39, 0.29) is 17.9 Å². The molecule has 1 heterocycles. The first-order valence-electron chi connectivity index (χ1n) is 7.53. The van der Waals surface area contributed by atoms with Crippen LogP contribution in [0.25, 0.3) is 0 Å². The second-order valence-electron chi connectivity index (χ2n) is 6.11. The summed E-state index contributed by atoms with van der Waals surface area (Å²) >= 11 is 0. The van der Waals surface area contributed by atoms with Gasteiger partial charge in [0, 0.05) is 17.7 Å². The maximum Gasteiger partial charge on any atom is 0.355 e. The molecule has 0 amide bonds. The molecule has 20 heavy (non-hydrogen) atoms. The number of aromatic amines is 1. The number of ketones is 1. The molecule has 2 aliphatic carbocycles. The van der Waals surface area contributed by atoms with E-state index in [0.717, 1.165) is 48.9 Å². The Kier molecular flexibility index (Phi) is 3.40. The number of carbonyl (C=O) groups excluding carboxylic acids is 2. The van der Waals surface area contributed by atoms with Gasteiger partial charge in [-0.2, -0.15) is 0 Å². The monoisotopic (exact) mass is 275 g/mol. The Morgan fingerprint density at radius 3 is 2.70 bits per heavy atom. The first-order valence-corrected chi connectivity index (χ1v) is 7.53. The molecule has 4 nitrogen and oxygen atoms in total. The van der Waals surface area contributed by atoms with Crippen LogP contribution in [0.15, 0.2) is 0 Å². The zero-order valence-corrected chi connectivity index (χ0v) is 12.1. The van der Waals surface area contributed by atoms with E-state index in [2.05, 4.69) is 11.9 Å². The van der Waals surface area contributed by atoms with Crippen LogP contribution in [0.3, 0.4) is 0 Å². The van der Waals surface area contributed by atoms with Gasteiger partial charge < -0.3 is 9.72 Å². The fourth-order valence-corrected chi connectivity index (χ4v) is 3.46. The Hall–Kier alpha value is -1.58. The maximum absolute atomic E-state index is 12.3. The Bertz CT molecular complexity index is 558. The van der Waals surface area contributed by atoms with Crippen molar-refractivity contribution >= 4 is 11.8 Å². The lowest BCUT2D eigenvalue weighted by molar-refractivity contribution is 0.0219. The van der Waals surface area contributed by atoms with Crippen molar-refractivity contribution in [2.75, 3.05) is 0 Å². The van der Waals surface area contributed by atoms with E-state index >= 15 is 0 Å². The number of H-pyrrole nitrogens is 1. The van der Waals surface area contributed by atoms with Gasteiger partial charge in [-0.15, -0.1) is 0 Å². The normalized spacial score (nSPS) is 25.6. The molecule has 1 fully saturated rings. The van der Waals surface area contributed by atoms with Gasteiger partial charge in [-0.05, 0) is 50.5 Å². The first kappa shape index (κ1) is 13.4. The van der Waals surface area contributed by atoms with Gasteiger partial charge in [0.15, 0.2) is 5.78 Å². The summed E-state index contributed by atoms with van der Waals surface area (Å²) in [6.45, 7) is 3.97. The molecule has 1 aromatic rings. The summed E-state index contributed by atoms with van der Waals surface area (Å²) < 4.78 is 5.62. The fourth-order valence-electron chi connectivity index (χ4n) is 3.46. The molecule has 0 radical (unpaired) electrons. The Labute approximate surface area is 118 Å². The molecule has 0 aromatic carbocycles. The molecule has 1 aromatic heterocycles. The maximum atomic E-state index is 12.3. The summed E-state index contributed by atoms with van der Waals surface area (Å²) in [7, 11) is 0. The van der Waals surface area contributed by atoms with Gasteiger partial charge >= 0.3 is 5.97 Å². The van der Waals surface area contributed by atoms with Gasteiger partial charge in [0.2, 0.25) is 0 Å². The summed E-state index contributed by atoms with van der Waals surface area (Å²) in [5.41, 5.74) is 2.87. The molecular weight excluding hydrogens is 254 g/mol. The van der Waals surface area contributed by atoms with Crippen LogP contribution in [0, 0.1) is 12.8 Å². The van der Waals surface area contributed by atoms with Crippen molar-refractivity contribution in [1.29, 1.82) is 0 Å². The van der Waals surface area contributed by atoms with Crippen LogP contribution in [0.1, 0.15) is 71.1 Å². The average molecular weight is 275 g/mol. The lowest BCUT2D eigenvalue weighted by atomic mass is 9.94. The molecule has 1 N–H and O–H groups in total. The lowest BCUT2D eigenvalue weighted by Gasteiger charge is -2.16. The predicted molar refractivity (Wildman–Crippen MR) is 75.0 cm³/mol. The van der Waals surface area contributed by atoms with Crippen LogP contribution in [0.2, 0.25) is 0 Å². The Balaban J connectivity index is 1.83. The van der Waals surface area contributed by atoms with Crippen molar-refractivity contribution in [3.8, 4) is 0 Å². The number of carbonyl (C=O) groups is 2. The van der Waals surface area contributed by atoms with Crippen molar-refractivity contribution in [2.45, 2.75) is 58.5 Å². The SMILES string of the molecule is Cc1c(C(=O)O[C@H]2CCC[C@@H]2C)[nH]c2c1C(=O)CCC2. The van der Waals surface area contributed by atoms with Gasteiger partial charge in [-0.25, -0.2) is 4.79 Å². The van der Waals surface area contributed by atoms with Gasteiger partial charge in [0.05, 0.1) is 0 Å². The highest BCUT2D eigenvalue weighted by Crippen LogP contribution is 2.30. The number of nitrogens with one attached hydrogen (secondary N) is 1. The number of ether oxygens (including phenoxy) is 1. The number of aromatic nitrogens is 1. The highest BCUT2D eigenvalue weighted by Gasteiger charge is 2.31. The van der Waals surface area contributed by atoms with E-state index < -0.39 is 0 Å². The molecule has 2 atom stereocenters. The van der Waals surface area contributed by atoms with Crippen molar-refractivity contribution in [1.82, 2.24) is 4.98 Å². The van der Waals surface area contributed by atoms with Crippen LogP contribution >= 0.6 is 0 Å². The summed E-state index contributed by atoms with van der Waals surface area (Å²) in [4.78, 5) is 27.4. The first-order chi connectivity index (χ1) is 9.58. The van der Waals surface area contributed by atoms with Crippen molar-refractivity contribution < 1.29 is 14.3 Å². The number of aryl methyl sites for hydroxylation is 1. The Morgan fingerprint density at radius 1 is 1.25 bits per heavy atom. The van der Waals surface area contributed by atoms with E-state index in [9.17, 15) is 9.59 Å². The summed E-state index contributed by atoms with van der Waals surface area (Å²) in [5, 5.41) is 0. The predicted octanol–water partition coefficient (Wildman–Crippen LogP) is 3.19. The lowest BCUT2D eigenvalue weighted by Crippen LogP contribution is -2.21. The highest BCUT2D eigenvalue weighted by atomic mass is 16.5. The van der Waals surface area contributed by atoms with E-state index in [0.29, 0.717) is 18.0 Å². The number of rotatable bonds is 2. The summed E-state index contributed by atoms with van der Waals surface area (Å²) in [5.74, 6) is 0.280. The molecular formula is C16H21NO3. The third kappa shape index (κ3) is 2.17. The van der Waals surface area contributed by atoms with Crippen molar-refractivity contribution in [3.05, 3.63) is 22.5 Å². The second kappa shape index (κ2) is 5.08. The summed E-state index contributed by atoms with van der Waals surface area (Å²) in [6, 6.07) is 0. The fraction of sp³-hybridized carbons (Fsp3) is 0.625. The minimum absolute atomic E-state index is 0.0259. The molecule has 0 bridgehead atoms. The van der Waals surface area contributed by atoms with E-state index in [1.165, 1.54) is 0 Å². The van der Waals surface area contributed by atoms with Crippen LogP contribution in [0.5, 0.6) is 0 Å². The van der Waals surface area contributed by atoms with Crippen LogP contribution in [0.4, 0.5) is 0 Å². The van der Waals surface area contributed by atoms with Gasteiger partial charge in [0.25, 0.3) is 0 Å². The summed E-state index contributed by atoms with van der Waals surface area (Å²) in [6.07, 6.45) is 5.51. The van der Waals surface area contributed by atoms with E-state index in [4.69, 9.17) is 4.74 Å². The molecule has 0 saturated heterocycles. The molecule has 4 heteroatoms. The number of esters is 1. The molecule has 1 saturated carbocycles. The number of hydrogen-bond donors (Lipinski definition) is 1. The topological polar surface area (TPSA) is 59.2 Å². The van der Waals surface area contributed by atoms with Crippen LogP contribution in [-0.4, -0.2) is 22.8 Å². The third-order valence-corrected chi connectivity index (χ3v) is 4.68. The minimum atomic E-state index is -0.302. The van der Waals surface area contributed by atoms with Gasteiger partial charge in [0.1, 0.15) is 11.8 Å². The molecule has 0 spiro atoms. The largest absolute Gasteiger partial charge is 0.457 e. The third-order valence-electron chi connectivity index (χ3n) is 4.68. The zero-order valence-electron chi connectivity index (χ0n) is 12.1. The molecule has 0 unspecified atom stereocenters. The second-order valence-corrected chi connectivity index (χ2v) is 6.11. The number of hydrogen-bond acceptors (Lipinski definition) is 3. The van der Waals surface area contributed by atoms with E-state index in [1.54, 1.807) is 0 Å². The number of fused-ring (bicyclic) bond motifs is 1. The minimum Gasteiger partial charge on any atom is -0.457 e. The van der Waals surface area contributed by atoms with E-state index in [1.807, 2.05) is 6.92 Å². The standard InChI is InChI=1S/C16H21NO3/c1-9-5-3-8-13(9)20-16(19)15-10(2)14-11(17-15)6-4-7-12(14)18/h9,13,17H,3-8H2,1-2H3/t9-,13-/m0/s1. The molecule has 2 aliphatic rings. The Morgan fingerprint density at radius 2 is 2.05 bits per heavy atom. The van der Waals surface area contributed by atoms with Gasteiger partial charge in [-0.3, -0.25) is 4.79 Å². The van der Waals surface area contributed by atoms with Crippen LogP contribution in [-0.2, 0) is 11.2 Å². The molecule has 108 valence electrons. The molecule has 3 rings (SSSR count). The average Bonchev–Trinajstić information content (AvgIpc) is 2.95. The highest BCUT2D eigenvalue weighted by molar-refractivity contribution is 6.03. The zero-order chi connectivity index (χ0) is 14.3. The molecule has 0 aliphatic heterocycles. The smallest absolute Gasteiger partial charge is 0.355 e.